The first-order valence-corrected chi connectivity index (χ1v) is 7.32. The number of amides is 1. The fraction of sp³-hybridized carbons (Fsp3) is 0.500. The van der Waals surface area contributed by atoms with E-state index in [1.807, 2.05) is 20.8 Å². The first-order chi connectivity index (χ1) is 7.59. The molecular formula is C10H15ClN2O3S. The fourth-order valence-corrected chi connectivity index (χ4v) is 1.81. The van der Waals surface area contributed by atoms with E-state index in [4.69, 9.17) is 10.7 Å². The average Bonchev–Trinajstić information content (AvgIpc) is 2.60. The number of aromatic amines is 1. The van der Waals surface area contributed by atoms with Crippen LogP contribution >= 0.6 is 10.7 Å². The molecule has 96 valence electrons. The maximum Gasteiger partial charge on any atom is 0.267 e. The van der Waals surface area contributed by atoms with Crippen LogP contribution in [0.4, 0.5) is 0 Å². The second-order valence-electron chi connectivity index (χ2n) is 4.93. The zero-order chi connectivity index (χ0) is 13.3. The van der Waals surface area contributed by atoms with Crippen LogP contribution in [0.5, 0.6) is 0 Å². The van der Waals surface area contributed by atoms with Gasteiger partial charge in [-0.25, -0.2) is 8.42 Å². The molecule has 1 amide bonds. The quantitative estimate of drug-likeness (QED) is 0.826. The van der Waals surface area contributed by atoms with Crippen LogP contribution in [0, 0.1) is 5.41 Å². The lowest BCUT2D eigenvalue weighted by molar-refractivity contribution is 0.0935. The number of hydrogen-bond donors (Lipinski definition) is 2. The Bertz CT molecular complexity index is 514. The van der Waals surface area contributed by atoms with E-state index in [1.165, 1.54) is 12.3 Å². The van der Waals surface area contributed by atoms with E-state index < -0.39 is 9.05 Å². The van der Waals surface area contributed by atoms with E-state index in [0.29, 0.717) is 6.54 Å². The van der Waals surface area contributed by atoms with Crippen molar-refractivity contribution >= 4 is 25.6 Å². The highest BCUT2D eigenvalue weighted by atomic mass is 35.7. The van der Waals surface area contributed by atoms with Crippen molar-refractivity contribution in [2.75, 3.05) is 6.54 Å². The molecule has 0 unspecified atom stereocenters. The van der Waals surface area contributed by atoms with Crippen molar-refractivity contribution < 1.29 is 13.2 Å². The molecule has 1 heterocycles. The van der Waals surface area contributed by atoms with Gasteiger partial charge in [0.1, 0.15) is 10.6 Å². The summed E-state index contributed by atoms with van der Waals surface area (Å²) < 4.78 is 22.0. The number of carbonyl (C=O) groups excluding carboxylic acids is 1. The van der Waals surface area contributed by atoms with E-state index in [-0.39, 0.29) is 21.9 Å². The van der Waals surface area contributed by atoms with Crippen molar-refractivity contribution in [1.82, 2.24) is 10.3 Å². The third kappa shape index (κ3) is 4.40. The fourth-order valence-electron chi connectivity index (χ4n) is 1.09. The van der Waals surface area contributed by atoms with Crippen LogP contribution < -0.4 is 5.32 Å². The van der Waals surface area contributed by atoms with Gasteiger partial charge in [0.25, 0.3) is 15.0 Å². The summed E-state index contributed by atoms with van der Waals surface area (Å²) in [7, 11) is 1.35. The Morgan fingerprint density at radius 2 is 2.06 bits per heavy atom. The summed E-state index contributed by atoms with van der Waals surface area (Å²) >= 11 is 0. The highest BCUT2D eigenvalue weighted by Crippen LogP contribution is 2.16. The van der Waals surface area contributed by atoms with Gasteiger partial charge in [-0.3, -0.25) is 4.79 Å². The van der Waals surface area contributed by atoms with Crippen LogP contribution in [0.15, 0.2) is 17.2 Å². The molecule has 1 rings (SSSR count). The van der Waals surface area contributed by atoms with Crippen molar-refractivity contribution in [3.05, 3.63) is 18.0 Å². The third-order valence-corrected chi connectivity index (χ3v) is 3.30. The molecule has 7 heteroatoms. The van der Waals surface area contributed by atoms with Crippen molar-refractivity contribution in [3.8, 4) is 0 Å². The van der Waals surface area contributed by atoms with Crippen LogP contribution in [0.25, 0.3) is 0 Å². The van der Waals surface area contributed by atoms with Crippen LogP contribution in [0.2, 0.25) is 0 Å². The lowest BCUT2D eigenvalue weighted by atomic mass is 9.97. The highest BCUT2D eigenvalue weighted by Gasteiger charge is 2.17. The maximum absolute atomic E-state index is 11.7. The summed E-state index contributed by atoms with van der Waals surface area (Å²) in [5.74, 6) is -0.355. The zero-order valence-corrected chi connectivity index (χ0v) is 11.4. The number of carbonyl (C=O) groups is 1. The number of H-pyrrole nitrogens is 1. The number of hydrogen-bond acceptors (Lipinski definition) is 3. The van der Waals surface area contributed by atoms with Gasteiger partial charge in [0.05, 0.1) is 0 Å². The molecule has 0 fully saturated rings. The molecule has 0 saturated heterocycles. The largest absolute Gasteiger partial charge is 0.356 e. The molecule has 1 aromatic heterocycles. The maximum atomic E-state index is 11.7. The Kier molecular flexibility index (Phi) is 3.88. The van der Waals surface area contributed by atoms with Gasteiger partial charge in [0.2, 0.25) is 0 Å². The molecule has 0 saturated carbocycles. The molecule has 0 atom stereocenters. The highest BCUT2D eigenvalue weighted by molar-refractivity contribution is 8.13. The molecule has 17 heavy (non-hydrogen) atoms. The van der Waals surface area contributed by atoms with E-state index in [9.17, 15) is 13.2 Å². The van der Waals surface area contributed by atoms with E-state index in [2.05, 4.69) is 10.3 Å². The van der Waals surface area contributed by atoms with Crippen LogP contribution in [-0.2, 0) is 9.05 Å². The average molecular weight is 279 g/mol. The van der Waals surface area contributed by atoms with Crippen molar-refractivity contribution in [2.45, 2.75) is 25.7 Å². The zero-order valence-electron chi connectivity index (χ0n) is 9.87. The Morgan fingerprint density at radius 1 is 1.47 bits per heavy atom. The molecule has 0 aliphatic carbocycles. The predicted molar refractivity (Wildman–Crippen MR) is 65.6 cm³/mol. The summed E-state index contributed by atoms with van der Waals surface area (Å²) in [6, 6.07) is 1.21. The Labute approximate surface area is 105 Å². The SMILES string of the molecule is CC(C)(C)CNC(=O)c1cc(S(=O)(=O)Cl)c[nH]1. The summed E-state index contributed by atoms with van der Waals surface area (Å²) in [6.45, 7) is 6.44. The van der Waals surface area contributed by atoms with Crippen LogP contribution in [0.1, 0.15) is 31.3 Å². The van der Waals surface area contributed by atoms with Crippen molar-refractivity contribution in [1.29, 1.82) is 0 Å². The van der Waals surface area contributed by atoms with Gasteiger partial charge < -0.3 is 10.3 Å². The Hall–Kier alpha value is -1.01. The molecular weight excluding hydrogens is 264 g/mol. The Balaban J connectivity index is 2.75. The summed E-state index contributed by atoms with van der Waals surface area (Å²) in [5.41, 5.74) is 0.136. The summed E-state index contributed by atoms with van der Waals surface area (Å²) in [5, 5.41) is 2.70. The van der Waals surface area contributed by atoms with Gasteiger partial charge in [-0.2, -0.15) is 0 Å². The number of halogens is 1. The second kappa shape index (κ2) is 4.70. The van der Waals surface area contributed by atoms with E-state index in [0.717, 1.165) is 0 Å². The van der Waals surface area contributed by atoms with Gasteiger partial charge in [0, 0.05) is 23.4 Å². The molecule has 0 aromatic carbocycles. The van der Waals surface area contributed by atoms with Crippen molar-refractivity contribution in [2.24, 2.45) is 5.41 Å². The first-order valence-electron chi connectivity index (χ1n) is 5.01. The van der Waals surface area contributed by atoms with Gasteiger partial charge in [-0.05, 0) is 11.5 Å². The van der Waals surface area contributed by atoms with Gasteiger partial charge in [0.15, 0.2) is 0 Å². The minimum absolute atomic E-state index is 0.0381. The predicted octanol–water partition coefficient (Wildman–Crippen LogP) is 1.72. The molecule has 1 aromatic rings. The molecule has 0 aliphatic heterocycles. The monoisotopic (exact) mass is 278 g/mol. The van der Waals surface area contributed by atoms with Gasteiger partial charge >= 0.3 is 0 Å². The number of rotatable bonds is 3. The Morgan fingerprint density at radius 3 is 2.47 bits per heavy atom. The molecule has 0 bridgehead atoms. The van der Waals surface area contributed by atoms with Gasteiger partial charge in [-0.1, -0.05) is 20.8 Å². The lowest BCUT2D eigenvalue weighted by Crippen LogP contribution is -2.32. The number of nitrogens with one attached hydrogen (secondary N) is 2. The molecule has 0 aliphatic rings. The normalized spacial score (nSPS) is 12.5. The lowest BCUT2D eigenvalue weighted by Gasteiger charge is -2.18. The minimum Gasteiger partial charge on any atom is -0.356 e. The van der Waals surface area contributed by atoms with Crippen LogP contribution in [-0.4, -0.2) is 25.9 Å². The van der Waals surface area contributed by atoms with E-state index in [1.54, 1.807) is 0 Å². The molecule has 0 spiro atoms. The summed E-state index contributed by atoms with van der Waals surface area (Å²) in [6.07, 6.45) is 1.19. The molecule has 0 radical (unpaired) electrons. The number of aromatic nitrogens is 1. The molecule has 2 N–H and O–H groups in total. The van der Waals surface area contributed by atoms with Crippen LogP contribution in [0.3, 0.4) is 0 Å². The standard InChI is InChI=1S/C10H15ClN2O3S/c1-10(2,3)6-13-9(14)8-4-7(5-12-8)17(11,15)16/h4-5,12H,6H2,1-3H3,(H,13,14). The molecule has 5 nitrogen and oxygen atoms in total. The van der Waals surface area contributed by atoms with E-state index >= 15 is 0 Å². The minimum atomic E-state index is -3.80. The van der Waals surface area contributed by atoms with Crippen molar-refractivity contribution in [3.63, 3.8) is 0 Å². The first kappa shape index (κ1) is 14.1. The smallest absolute Gasteiger partial charge is 0.267 e. The van der Waals surface area contributed by atoms with Gasteiger partial charge in [-0.15, -0.1) is 0 Å². The summed E-state index contributed by atoms with van der Waals surface area (Å²) in [4.78, 5) is 14.1. The second-order valence-corrected chi connectivity index (χ2v) is 7.50. The third-order valence-electron chi connectivity index (χ3n) is 1.96. The topological polar surface area (TPSA) is 79.0 Å².